The quantitative estimate of drug-likeness (QED) is 0.741. The first-order valence-electron chi connectivity index (χ1n) is 5.24. The lowest BCUT2D eigenvalue weighted by Crippen LogP contribution is -2.45. The number of carbonyl (C=O) groups excluding carboxylic acids is 1. The summed E-state index contributed by atoms with van der Waals surface area (Å²) in [5.74, 6) is 0.327. The van der Waals surface area contributed by atoms with Gasteiger partial charge >= 0.3 is 0 Å². The molecule has 0 unspecified atom stereocenters. The van der Waals surface area contributed by atoms with E-state index in [1.54, 1.807) is 6.20 Å². The molecule has 0 N–H and O–H groups in total. The molecule has 0 radical (unpaired) electrons. The Bertz CT molecular complexity index is 372. The number of halogens is 1. The lowest BCUT2D eigenvalue weighted by molar-refractivity contribution is -0.266. The molecular weight excluding hydrogens is 228 g/mol. The van der Waals surface area contributed by atoms with Gasteiger partial charge in [0.05, 0.1) is 5.02 Å². The van der Waals surface area contributed by atoms with Crippen LogP contribution in [0, 0.1) is 0 Å². The first kappa shape index (κ1) is 11.2. The van der Waals surface area contributed by atoms with Crippen molar-refractivity contribution in [3.05, 3.63) is 29.0 Å². The van der Waals surface area contributed by atoms with Crippen LogP contribution in [0.4, 0.5) is 4.79 Å². The van der Waals surface area contributed by atoms with E-state index in [1.165, 1.54) is 4.90 Å². The zero-order chi connectivity index (χ0) is 11.5. The highest BCUT2D eigenvalue weighted by Gasteiger charge is 2.21. The second-order valence-electron chi connectivity index (χ2n) is 3.93. The van der Waals surface area contributed by atoms with Gasteiger partial charge in [-0.1, -0.05) is 11.6 Å². The minimum absolute atomic E-state index is 0.327. The molecule has 1 aliphatic rings. The van der Waals surface area contributed by atoms with Gasteiger partial charge in [0.2, 0.25) is 0 Å². The fourth-order valence-corrected chi connectivity index (χ4v) is 2.10. The lowest BCUT2D eigenvalue weighted by Gasteiger charge is -2.33. The van der Waals surface area contributed by atoms with Crippen molar-refractivity contribution < 1.29 is 9.90 Å². The fourth-order valence-electron chi connectivity index (χ4n) is 1.99. The van der Waals surface area contributed by atoms with E-state index >= 15 is 0 Å². The van der Waals surface area contributed by atoms with Crippen LogP contribution >= 0.6 is 11.6 Å². The highest BCUT2D eigenvalue weighted by atomic mass is 35.5. The van der Waals surface area contributed by atoms with E-state index < -0.39 is 6.09 Å². The van der Waals surface area contributed by atoms with Gasteiger partial charge in [-0.25, -0.2) is 0 Å². The smallest absolute Gasteiger partial charge is 0.136 e. The summed E-state index contributed by atoms with van der Waals surface area (Å²) in [5.41, 5.74) is 0.988. The van der Waals surface area contributed by atoms with Gasteiger partial charge in [-0.05, 0) is 25.0 Å². The zero-order valence-corrected chi connectivity index (χ0v) is 9.48. The third-order valence-corrected chi connectivity index (χ3v) is 3.15. The molecule has 4 nitrogen and oxygen atoms in total. The van der Waals surface area contributed by atoms with Gasteiger partial charge in [-0.15, -0.1) is 0 Å². The third kappa shape index (κ3) is 2.44. The minimum atomic E-state index is -1.08. The summed E-state index contributed by atoms with van der Waals surface area (Å²) in [6.45, 7) is 1.05. The molecule has 1 fully saturated rings. The van der Waals surface area contributed by atoms with E-state index in [9.17, 15) is 9.90 Å². The highest BCUT2D eigenvalue weighted by Crippen LogP contribution is 2.26. The van der Waals surface area contributed by atoms with Crippen molar-refractivity contribution in [3.63, 3.8) is 0 Å². The predicted octanol–water partition coefficient (Wildman–Crippen LogP) is 1.26. The van der Waals surface area contributed by atoms with Crippen molar-refractivity contribution in [1.29, 1.82) is 0 Å². The monoisotopic (exact) mass is 239 g/mol. The van der Waals surface area contributed by atoms with Gasteiger partial charge in [0.25, 0.3) is 0 Å². The number of aromatic nitrogens is 1. The van der Waals surface area contributed by atoms with Gasteiger partial charge in [0.15, 0.2) is 0 Å². The average Bonchev–Trinajstić information content (AvgIpc) is 2.30. The number of rotatable bonds is 1. The van der Waals surface area contributed by atoms with Crippen LogP contribution in [0.15, 0.2) is 18.3 Å². The van der Waals surface area contributed by atoms with Crippen LogP contribution in [-0.4, -0.2) is 29.1 Å². The third-order valence-electron chi connectivity index (χ3n) is 2.92. The Hall–Kier alpha value is -1.29. The fraction of sp³-hybridized carbons (Fsp3) is 0.455. The highest BCUT2D eigenvalue weighted by molar-refractivity contribution is 6.30. The van der Waals surface area contributed by atoms with E-state index in [0.717, 1.165) is 18.5 Å². The summed E-state index contributed by atoms with van der Waals surface area (Å²) in [6, 6.07) is 3.72. The molecule has 0 spiro atoms. The molecule has 0 bridgehead atoms. The van der Waals surface area contributed by atoms with Gasteiger partial charge < -0.3 is 14.8 Å². The first-order valence-corrected chi connectivity index (χ1v) is 5.62. The van der Waals surface area contributed by atoms with E-state index in [-0.39, 0.29) is 0 Å². The number of likely N-dealkylation sites (tertiary alicyclic amines) is 1. The maximum absolute atomic E-state index is 10.6. The number of hydrogen-bond acceptors (Lipinski definition) is 3. The van der Waals surface area contributed by atoms with Crippen LogP contribution in [-0.2, 0) is 0 Å². The Labute approximate surface area is 98.9 Å². The second-order valence-corrected chi connectivity index (χ2v) is 4.36. The Morgan fingerprint density at radius 3 is 2.62 bits per heavy atom. The van der Waals surface area contributed by atoms with Crippen LogP contribution < -0.4 is 5.11 Å². The number of amides is 1. The molecule has 0 atom stereocenters. The molecule has 1 aliphatic heterocycles. The molecule has 0 aromatic carbocycles. The number of pyridine rings is 1. The van der Waals surface area contributed by atoms with Gasteiger partial charge in [-0.3, -0.25) is 4.98 Å². The molecule has 0 saturated carbocycles. The Kier molecular flexibility index (Phi) is 3.29. The van der Waals surface area contributed by atoms with Crippen LogP contribution in [0.1, 0.15) is 24.5 Å². The number of carboxylic acid groups (broad SMARTS) is 1. The van der Waals surface area contributed by atoms with Crippen LogP contribution in [0.2, 0.25) is 5.02 Å². The van der Waals surface area contributed by atoms with Crippen molar-refractivity contribution in [2.24, 2.45) is 0 Å². The Morgan fingerprint density at radius 2 is 2.12 bits per heavy atom. The molecule has 0 aliphatic carbocycles. The molecule has 2 heterocycles. The number of piperidine rings is 1. The maximum Gasteiger partial charge on any atom is 0.136 e. The minimum Gasteiger partial charge on any atom is -0.530 e. The molecule has 1 saturated heterocycles. The molecule has 1 aromatic heterocycles. The molecular formula is C11H12ClN2O2-. The normalized spacial score (nSPS) is 17.4. The topological polar surface area (TPSA) is 56.3 Å². The molecule has 1 amide bonds. The Balaban J connectivity index is 1.99. The first-order chi connectivity index (χ1) is 7.66. The standard InChI is InChI=1S/C11H13ClN2O2/c12-9-1-2-10(13-7-9)8-3-5-14(6-4-8)11(15)16/h1-2,7-8H,3-6H2,(H,15,16)/p-1. The van der Waals surface area contributed by atoms with Crippen molar-refractivity contribution in [3.8, 4) is 0 Å². The van der Waals surface area contributed by atoms with Crippen LogP contribution in [0.25, 0.3) is 0 Å². The van der Waals surface area contributed by atoms with Crippen molar-refractivity contribution in [2.45, 2.75) is 18.8 Å². The van der Waals surface area contributed by atoms with Crippen LogP contribution in [0.3, 0.4) is 0 Å². The lowest BCUT2D eigenvalue weighted by atomic mass is 9.93. The summed E-state index contributed by atoms with van der Waals surface area (Å²) in [7, 11) is 0. The molecule has 86 valence electrons. The summed E-state index contributed by atoms with van der Waals surface area (Å²) in [6.07, 6.45) is 2.13. The second kappa shape index (κ2) is 4.70. The number of carbonyl (C=O) groups is 1. The van der Waals surface area contributed by atoms with Crippen molar-refractivity contribution in [1.82, 2.24) is 9.88 Å². The molecule has 2 rings (SSSR count). The maximum atomic E-state index is 10.6. The number of hydrogen-bond donors (Lipinski definition) is 0. The number of nitrogens with zero attached hydrogens (tertiary/aromatic N) is 2. The molecule has 16 heavy (non-hydrogen) atoms. The summed E-state index contributed by atoms with van der Waals surface area (Å²) < 4.78 is 0. The van der Waals surface area contributed by atoms with Crippen molar-refractivity contribution >= 4 is 17.7 Å². The van der Waals surface area contributed by atoms with Crippen LogP contribution in [0.5, 0.6) is 0 Å². The predicted molar refractivity (Wildman–Crippen MR) is 58.2 cm³/mol. The average molecular weight is 240 g/mol. The SMILES string of the molecule is O=C([O-])N1CCC(c2ccc(Cl)cn2)CC1. The van der Waals surface area contributed by atoms with Gasteiger partial charge in [0, 0.05) is 30.9 Å². The summed E-state index contributed by atoms with van der Waals surface area (Å²) >= 11 is 5.76. The summed E-state index contributed by atoms with van der Waals surface area (Å²) in [4.78, 5) is 16.2. The Morgan fingerprint density at radius 1 is 1.44 bits per heavy atom. The van der Waals surface area contributed by atoms with E-state index in [2.05, 4.69) is 4.98 Å². The zero-order valence-electron chi connectivity index (χ0n) is 8.73. The molecule has 1 aromatic rings. The van der Waals surface area contributed by atoms with Crippen molar-refractivity contribution in [2.75, 3.05) is 13.1 Å². The van der Waals surface area contributed by atoms with Gasteiger partial charge in [0.1, 0.15) is 6.09 Å². The van der Waals surface area contributed by atoms with E-state index in [1.807, 2.05) is 12.1 Å². The molecule has 5 heteroatoms. The largest absolute Gasteiger partial charge is 0.530 e. The van der Waals surface area contributed by atoms with E-state index in [0.29, 0.717) is 24.0 Å². The summed E-state index contributed by atoms with van der Waals surface area (Å²) in [5, 5.41) is 11.2. The van der Waals surface area contributed by atoms with Gasteiger partial charge in [-0.2, -0.15) is 0 Å². The van der Waals surface area contributed by atoms with E-state index in [4.69, 9.17) is 11.6 Å².